The average Bonchev–Trinajstić information content (AvgIpc) is 2.29. The van der Waals surface area contributed by atoms with Crippen molar-refractivity contribution in [1.82, 2.24) is 10.2 Å². The number of carbonyl (C=O) groups is 1. The van der Waals surface area contributed by atoms with Gasteiger partial charge in [-0.2, -0.15) is 5.26 Å². The van der Waals surface area contributed by atoms with Crippen LogP contribution in [0.4, 0.5) is 0 Å². The SMILES string of the molecule is CNCC(C)C(=O)N(CCC#N)CCOC. The molecule has 0 fully saturated rings. The van der Waals surface area contributed by atoms with E-state index >= 15 is 0 Å². The second kappa shape index (κ2) is 9.13. The summed E-state index contributed by atoms with van der Waals surface area (Å²) in [6.07, 6.45) is 0.363. The molecule has 0 saturated heterocycles. The van der Waals surface area contributed by atoms with Crippen molar-refractivity contribution in [1.29, 1.82) is 5.26 Å². The molecule has 92 valence electrons. The Morgan fingerprint density at radius 2 is 2.25 bits per heavy atom. The van der Waals surface area contributed by atoms with Gasteiger partial charge in [-0.05, 0) is 7.05 Å². The monoisotopic (exact) mass is 227 g/mol. The third-order valence-electron chi connectivity index (χ3n) is 2.30. The minimum atomic E-state index is -0.0689. The van der Waals surface area contributed by atoms with Crippen molar-refractivity contribution in [3.63, 3.8) is 0 Å². The molecule has 0 aliphatic rings. The molecule has 1 unspecified atom stereocenters. The van der Waals surface area contributed by atoms with Crippen LogP contribution in [0.1, 0.15) is 13.3 Å². The minimum absolute atomic E-state index is 0.0689. The first-order valence-electron chi connectivity index (χ1n) is 5.46. The molecular weight excluding hydrogens is 206 g/mol. The summed E-state index contributed by atoms with van der Waals surface area (Å²) < 4.78 is 4.95. The van der Waals surface area contributed by atoms with E-state index in [-0.39, 0.29) is 11.8 Å². The van der Waals surface area contributed by atoms with Gasteiger partial charge in [-0.25, -0.2) is 0 Å². The molecule has 0 aromatic carbocycles. The summed E-state index contributed by atoms with van der Waals surface area (Å²) >= 11 is 0. The Labute approximate surface area is 97.4 Å². The van der Waals surface area contributed by atoms with Gasteiger partial charge in [0, 0.05) is 32.7 Å². The Morgan fingerprint density at radius 1 is 1.56 bits per heavy atom. The van der Waals surface area contributed by atoms with Crippen molar-refractivity contribution in [2.75, 3.05) is 40.4 Å². The van der Waals surface area contributed by atoms with Crippen molar-refractivity contribution in [3.8, 4) is 6.07 Å². The number of carbonyl (C=O) groups excluding carboxylic acids is 1. The van der Waals surface area contributed by atoms with Gasteiger partial charge in [-0.15, -0.1) is 0 Å². The average molecular weight is 227 g/mol. The van der Waals surface area contributed by atoms with Crippen molar-refractivity contribution >= 4 is 5.91 Å². The Hall–Kier alpha value is -1.12. The van der Waals surface area contributed by atoms with Gasteiger partial charge in [0.15, 0.2) is 0 Å². The van der Waals surface area contributed by atoms with Crippen LogP contribution in [0.5, 0.6) is 0 Å². The Morgan fingerprint density at radius 3 is 2.75 bits per heavy atom. The number of ether oxygens (including phenoxy) is 1. The lowest BCUT2D eigenvalue weighted by atomic mass is 10.1. The second-order valence-electron chi connectivity index (χ2n) is 3.68. The van der Waals surface area contributed by atoms with Crippen LogP contribution in [0.25, 0.3) is 0 Å². The molecule has 0 aliphatic carbocycles. The molecule has 0 bridgehead atoms. The Bertz CT molecular complexity index is 238. The first kappa shape index (κ1) is 14.9. The van der Waals surface area contributed by atoms with E-state index in [1.54, 1.807) is 12.0 Å². The lowest BCUT2D eigenvalue weighted by Gasteiger charge is -2.24. The standard InChI is InChI=1S/C11H21N3O2/c1-10(9-13-2)11(15)14(6-4-5-12)7-8-16-3/h10,13H,4,6-9H2,1-3H3. The highest BCUT2D eigenvalue weighted by Gasteiger charge is 2.19. The summed E-state index contributed by atoms with van der Waals surface area (Å²) in [4.78, 5) is 13.7. The summed E-state index contributed by atoms with van der Waals surface area (Å²) in [5.74, 6) is 0.00204. The van der Waals surface area contributed by atoms with Crippen LogP contribution in [-0.2, 0) is 9.53 Å². The number of hydrogen-bond acceptors (Lipinski definition) is 4. The molecule has 1 N–H and O–H groups in total. The van der Waals surface area contributed by atoms with E-state index in [1.165, 1.54) is 0 Å². The summed E-state index contributed by atoms with van der Waals surface area (Å²) in [5, 5.41) is 11.5. The summed E-state index contributed by atoms with van der Waals surface area (Å²) in [7, 11) is 3.42. The molecule has 5 heteroatoms. The second-order valence-corrected chi connectivity index (χ2v) is 3.68. The number of nitrogens with one attached hydrogen (secondary N) is 1. The largest absolute Gasteiger partial charge is 0.383 e. The molecule has 0 heterocycles. The molecule has 16 heavy (non-hydrogen) atoms. The van der Waals surface area contributed by atoms with Gasteiger partial charge in [0.25, 0.3) is 0 Å². The highest BCUT2D eigenvalue weighted by molar-refractivity contribution is 5.78. The van der Waals surface area contributed by atoms with Gasteiger partial charge in [0.2, 0.25) is 5.91 Å². The first-order chi connectivity index (χ1) is 7.67. The maximum atomic E-state index is 12.0. The molecule has 0 aliphatic heterocycles. The third-order valence-corrected chi connectivity index (χ3v) is 2.30. The van der Waals surface area contributed by atoms with Crippen LogP contribution in [0.2, 0.25) is 0 Å². The topological polar surface area (TPSA) is 65.4 Å². The van der Waals surface area contributed by atoms with Crippen molar-refractivity contribution < 1.29 is 9.53 Å². The molecule has 0 spiro atoms. The zero-order valence-electron chi connectivity index (χ0n) is 10.3. The number of nitrogens with zero attached hydrogens (tertiary/aromatic N) is 2. The highest BCUT2D eigenvalue weighted by atomic mass is 16.5. The van der Waals surface area contributed by atoms with E-state index in [4.69, 9.17) is 10.00 Å². The normalized spacial score (nSPS) is 11.9. The smallest absolute Gasteiger partial charge is 0.226 e. The maximum Gasteiger partial charge on any atom is 0.226 e. The number of methoxy groups -OCH3 is 1. The predicted molar refractivity (Wildman–Crippen MR) is 61.8 cm³/mol. The predicted octanol–water partition coefficient (Wildman–Crippen LogP) is 0.231. The zero-order valence-corrected chi connectivity index (χ0v) is 10.3. The molecule has 0 aromatic rings. The van der Waals surface area contributed by atoms with E-state index in [2.05, 4.69) is 11.4 Å². The lowest BCUT2D eigenvalue weighted by molar-refractivity contribution is -0.135. The first-order valence-corrected chi connectivity index (χ1v) is 5.46. The van der Waals surface area contributed by atoms with E-state index in [0.29, 0.717) is 32.7 Å². The van der Waals surface area contributed by atoms with E-state index in [0.717, 1.165) is 0 Å². The summed E-state index contributed by atoms with van der Waals surface area (Å²) in [6.45, 7) is 4.06. The third kappa shape index (κ3) is 5.69. The molecule has 5 nitrogen and oxygen atoms in total. The molecule has 1 amide bonds. The number of nitriles is 1. The molecule has 1 atom stereocenters. The van der Waals surface area contributed by atoms with Crippen molar-refractivity contribution in [2.45, 2.75) is 13.3 Å². The van der Waals surface area contributed by atoms with Gasteiger partial charge >= 0.3 is 0 Å². The van der Waals surface area contributed by atoms with Crippen LogP contribution in [-0.4, -0.2) is 51.2 Å². The van der Waals surface area contributed by atoms with Crippen LogP contribution in [0.3, 0.4) is 0 Å². The van der Waals surface area contributed by atoms with Crippen LogP contribution in [0.15, 0.2) is 0 Å². The van der Waals surface area contributed by atoms with E-state index in [9.17, 15) is 4.79 Å². The van der Waals surface area contributed by atoms with Gasteiger partial charge in [0.1, 0.15) is 0 Å². The van der Waals surface area contributed by atoms with Gasteiger partial charge in [-0.3, -0.25) is 4.79 Å². The Kier molecular flexibility index (Phi) is 8.49. The minimum Gasteiger partial charge on any atom is -0.383 e. The maximum absolute atomic E-state index is 12.0. The van der Waals surface area contributed by atoms with Crippen LogP contribution in [0, 0.1) is 17.2 Å². The molecule has 0 rings (SSSR count). The van der Waals surface area contributed by atoms with Crippen LogP contribution >= 0.6 is 0 Å². The fourth-order valence-electron chi connectivity index (χ4n) is 1.42. The van der Waals surface area contributed by atoms with Crippen molar-refractivity contribution in [3.05, 3.63) is 0 Å². The fourth-order valence-corrected chi connectivity index (χ4v) is 1.42. The fraction of sp³-hybridized carbons (Fsp3) is 0.818. The summed E-state index contributed by atoms with van der Waals surface area (Å²) in [5.41, 5.74) is 0. The Balaban J connectivity index is 4.24. The van der Waals surface area contributed by atoms with E-state index < -0.39 is 0 Å². The highest BCUT2D eigenvalue weighted by Crippen LogP contribution is 2.02. The summed E-state index contributed by atoms with van der Waals surface area (Å²) in [6, 6.07) is 2.05. The number of hydrogen-bond donors (Lipinski definition) is 1. The molecule has 0 aromatic heterocycles. The van der Waals surface area contributed by atoms with Crippen molar-refractivity contribution in [2.24, 2.45) is 5.92 Å². The van der Waals surface area contributed by atoms with Gasteiger partial charge in [-0.1, -0.05) is 6.92 Å². The molecular formula is C11H21N3O2. The number of amides is 1. The number of rotatable bonds is 8. The van der Waals surface area contributed by atoms with Gasteiger partial charge in [0.05, 0.1) is 19.1 Å². The van der Waals surface area contributed by atoms with Gasteiger partial charge < -0.3 is 15.0 Å². The lowest BCUT2D eigenvalue weighted by Crippen LogP contribution is -2.40. The molecule has 0 saturated carbocycles. The van der Waals surface area contributed by atoms with Crippen LogP contribution < -0.4 is 5.32 Å². The molecule has 0 radical (unpaired) electrons. The quantitative estimate of drug-likeness (QED) is 0.644. The zero-order chi connectivity index (χ0) is 12.4. The van der Waals surface area contributed by atoms with E-state index in [1.807, 2.05) is 14.0 Å².